The third-order valence-electron chi connectivity index (χ3n) is 2.16. The summed E-state index contributed by atoms with van der Waals surface area (Å²) in [4.78, 5) is 0. The molecule has 0 saturated carbocycles. The highest BCUT2D eigenvalue weighted by Gasteiger charge is 2.14. The van der Waals surface area contributed by atoms with E-state index >= 15 is 0 Å². The zero-order chi connectivity index (χ0) is 10.6. The van der Waals surface area contributed by atoms with E-state index in [1.165, 1.54) is 0 Å². The molecule has 5 N–H and O–H groups in total. The standard InChI is InChI=1S/C10H16N2O2/c1-14-8-4-2-7(3-5-8)10(12)9(13)6-11/h2-5,9-10,13H,6,11-12H2,1H3. The Morgan fingerprint density at radius 3 is 2.36 bits per heavy atom. The van der Waals surface area contributed by atoms with Gasteiger partial charge < -0.3 is 21.3 Å². The highest BCUT2D eigenvalue weighted by atomic mass is 16.5. The Bertz CT molecular complexity index is 274. The van der Waals surface area contributed by atoms with Gasteiger partial charge in [-0.2, -0.15) is 0 Å². The number of benzene rings is 1. The van der Waals surface area contributed by atoms with Crippen molar-refractivity contribution in [1.82, 2.24) is 0 Å². The lowest BCUT2D eigenvalue weighted by atomic mass is 10.0. The van der Waals surface area contributed by atoms with E-state index in [2.05, 4.69) is 0 Å². The molecule has 0 bridgehead atoms. The van der Waals surface area contributed by atoms with E-state index in [0.717, 1.165) is 11.3 Å². The summed E-state index contributed by atoms with van der Waals surface area (Å²) in [5.74, 6) is 0.767. The van der Waals surface area contributed by atoms with E-state index in [4.69, 9.17) is 16.2 Å². The lowest BCUT2D eigenvalue weighted by Crippen LogP contribution is -2.32. The van der Waals surface area contributed by atoms with E-state index in [1.807, 2.05) is 12.1 Å². The topological polar surface area (TPSA) is 81.5 Å². The van der Waals surface area contributed by atoms with Crippen LogP contribution in [0.25, 0.3) is 0 Å². The smallest absolute Gasteiger partial charge is 0.118 e. The molecule has 2 unspecified atom stereocenters. The van der Waals surface area contributed by atoms with Crippen LogP contribution in [-0.4, -0.2) is 24.9 Å². The van der Waals surface area contributed by atoms with Crippen LogP contribution in [0.3, 0.4) is 0 Å². The summed E-state index contributed by atoms with van der Waals surface area (Å²) in [6, 6.07) is 6.81. The number of hydrogen-bond donors (Lipinski definition) is 3. The fourth-order valence-corrected chi connectivity index (χ4v) is 1.19. The van der Waals surface area contributed by atoms with E-state index in [1.54, 1.807) is 19.2 Å². The Morgan fingerprint density at radius 2 is 1.93 bits per heavy atom. The molecule has 0 fully saturated rings. The van der Waals surface area contributed by atoms with Crippen molar-refractivity contribution in [2.24, 2.45) is 11.5 Å². The van der Waals surface area contributed by atoms with E-state index in [9.17, 15) is 5.11 Å². The molecule has 0 radical (unpaired) electrons. The fraction of sp³-hybridized carbons (Fsp3) is 0.400. The fourth-order valence-electron chi connectivity index (χ4n) is 1.19. The van der Waals surface area contributed by atoms with Gasteiger partial charge in [-0.1, -0.05) is 12.1 Å². The Kier molecular flexibility index (Phi) is 3.88. The van der Waals surface area contributed by atoms with Crippen LogP contribution in [-0.2, 0) is 0 Å². The average Bonchev–Trinajstić information content (AvgIpc) is 2.27. The Morgan fingerprint density at radius 1 is 1.36 bits per heavy atom. The van der Waals surface area contributed by atoms with Crippen molar-refractivity contribution in [2.75, 3.05) is 13.7 Å². The predicted molar refractivity (Wildman–Crippen MR) is 55.0 cm³/mol. The van der Waals surface area contributed by atoms with Crippen molar-refractivity contribution < 1.29 is 9.84 Å². The normalized spacial score (nSPS) is 14.9. The molecule has 4 nitrogen and oxygen atoms in total. The van der Waals surface area contributed by atoms with Crippen molar-refractivity contribution in [3.05, 3.63) is 29.8 Å². The van der Waals surface area contributed by atoms with E-state index in [-0.39, 0.29) is 6.54 Å². The zero-order valence-corrected chi connectivity index (χ0v) is 8.18. The molecule has 1 aromatic carbocycles. The first-order valence-corrected chi connectivity index (χ1v) is 4.46. The third-order valence-corrected chi connectivity index (χ3v) is 2.16. The summed E-state index contributed by atoms with van der Waals surface area (Å²) >= 11 is 0. The minimum absolute atomic E-state index is 0.160. The number of ether oxygens (including phenoxy) is 1. The first-order chi connectivity index (χ1) is 6.69. The molecule has 2 atom stereocenters. The van der Waals surface area contributed by atoms with Crippen molar-refractivity contribution in [3.63, 3.8) is 0 Å². The van der Waals surface area contributed by atoms with Gasteiger partial charge in [-0.05, 0) is 17.7 Å². The quantitative estimate of drug-likeness (QED) is 0.634. The molecule has 14 heavy (non-hydrogen) atoms. The van der Waals surface area contributed by atoms with Gasteiger partial charge in [0, 0.05) is 6.54 Å². The second kappa shape index (κ2) is 4.95. The van der Waals surface area contributed by atoms with Crippen LogP contribution >= 0.6 is 0 Å². The molecule has 0 aromatic heterocycles. The molecule has 0 aliphatic heterocycles. The van der Waals surface area contributed by atoms with Gasteiger partial charge in [0.2, 0.25) is 0 Å². The van der Waals surface area contributed by atoms with Gasteiger partial charge >= 0.3 is 0 Å². The Labute approximate surface area is 83.5 Å². The Balaban J connectivity index is 2.75. The average molecular weight is 196 g/mol. The van der Waals surface area contributed by atoms with Crippen LogP contribution in [0.4, 0.5) is 0 Å². The highest BCUT2D eigenvalue weighted by molar-refractivity contribution is 5.29. The van der Waals surface area contributed by atoms with Crippen LogP contribution < -0.4 is 16.2 Å². The number of aliphatic hydroxyl groups is 1. The minimum Gasteiger partial charge on any atom is -0.497 e. The van der Waals surface area contributed by atoms with Crippen molar-refractivity contribution in [2.45, 2.75) is 12.1 Å². The van der Waals surface area contributed by atoms with Crippen molar-refractivity contribution >= 4 is 0 Å². The SMILES string of the molecule is COc1ccc(C(N)C(O)CN)cc1. The number of methoxy groups -OCH3 is 1. The molecule has 78 valence electrons. The van der Waals surface area contributed by atoms with Gasteiger partial charge in [-0.25, -0.2) is 0 Å². The zero-order valence-electron chi connectivity index (χ0n) is 8.18. The first kappa shape index (κ1) is 11.0. The van der Waals surface area contributed by atoms with Crippen LogP contribution in [0.5, 0.6) is 5.75 Å². The van der Waals surface area contributed by atoms with Crippen LogP contribution in [0.1, 0.15) is 11.6 Å². The predicted octanol–water partition coefficient (Wildman–Crippen LogP) is 0.0146. The Hall–Kier alpha value is -1.10. The van der Waals surface area contributed by atoms with E-state index < -0.39 is 12.1 Å². The largest absolute Gasteiger partial charge is 0.497 e. The molecular weight excluding hydrogens is 180 g/mol. The maximum Gasteiger partial charge on any atom is 0.118 e. The van der Waals surface area contributed by atoms with Gasteiger partial charge in [0.05, 0.1) is 19.3 Å². The molecule has 0 amide bonds. The van der Waals surface area contributed by atoms with Crippen LogP contribution in [0.15, 0.2) is 24.3 Å². The molecule has 1 rings (SSSR count). The maximum atomic E-state index is 9.43. The molecular formula is C10H16N2O2. The summed E-state index contributed by atoms with van der Waals surface area (Å²) < 4.78 is 5.01. The monoisotopic (exact) mass is 196 g/mol. The van der Waals surface area contributed by atoms with Crippen LogP contribution in [0, 0.1) is 0 Å². The number of aliphatic hydroxyl groups excluding tert-OH is 1. The molecule has 0 spiro atoms. The number of hydrogen-bond acceptors (Lipinski definition) is 4. The lowest BCUT2D eigenvalue weighted by molar-refractivity contribution is 0.153. The van der Waals surface area contributed by atoms with Gasteiger partial charge in [0.1, 0.15) is 5.75 Å². The lowest BCUT2D eigenvalue weighted by Gasteiger charge is -2.17. The van der Waals surface area contributed by atoms with E-state index in [0.29, 0.717) is 0 Å². The van der Waals surface area contributed by atoms with Crippen molar-refractivity contribution in [1.29, 1.82) is 0 Å². The second-order valence-corrected chi connectivity index (χ2v) is 3.10. The number of nitrogens with two attached hydrogens (primary N) is 2. The molecule has 0 saturated heterocycles. The van der Waals surface area contributed by atoms with Crippen LogP contribution in [0.2, 0.25) is 0 Å². The van der Waals surface area contributed by atoms with Gasteiger partial charge in [0.25, 0.3) is 0 Å². The molecule has 4 heteroatoms. The highest BCUT2D eigenvalue weighted by Crippen LogP contribution is 2.17. The summed E-state index contributed by atoms with van der Waals surface area (Å²) in [6.07, 6.45) is -0.705. The summed E-state index contributed by atoms with van der Waals surface area (Å²) in [6.45, 7) is 0.160. The minimum atomic E-state index is -0.705. The molecule has 1 aromatic rings. The first-order valence-electron chi connectivity index (χ1n) is 4.46. The van der Waals surface area contributed by atoms with Gasteiger partial charge in [-0.3, -0.25) is 0 Å². The third kappa shape index (κ3) is 2.45. The number of rotatable bonds is 4. The molecule has 0 aliphatic carbocycles. The van der Waals surface area contributed by atoms with Gasteiger partial charge in [-0.15, -0.1) is 0 Å². The van der Waals surface area contributed by atoms with Crippen molar-refractivity contribution in [3.8, 4) is 5.75 Å². The summed E-state index contributed by atoms with van der Waals surface area (Å²) in [7, 11) is 1.60. The second-order valence-electron chi connectivity index (χ2n) is 3.10. The summed E-state index contributed by atoms with van der Waals surface area (Å²) in [5, 5.41) is 9.43. The maximum absolute atomic E-state index is 9.43. The molecule has 0 heterocycles. The van der Waals surface area contributed by atoms with Gasteiger partial charge in [0.15, 0.2) is 0 Å². The molecule has 0 aliphatic rings. The summed E-state index contributed by atoms with van der Waals surface area (Å²) in [5.41, 5.74) is 11.9.